The second-order valence-electron chi connectivity index (χ2n) is 7.05. The van der Waals surface area contributed by atoms with Gasteiger partial charge in [0.05, 0.1) is 22.1 Å². The molecule has 0 aliphatic carbocycles. The molecule has 4 nitrogen and oxygen atoms in total. The van der Waals surface area contributed by atoms with Gasteiger partial charge >= 0.3 is 0 Å². The second kappa shape index (κ2) is 8.67. The fourth-order valence-corrected chi connectivity index (χ4v) is 5.24. The lowest BCUT2D eigenvalue weighted by Gasteiger charge is -2.27. The van der Waals surface area contributed by atoms with Crippen LogP contribution in [0.15, 0.2) is 91.1 Å². The molecular weight excluding hydrogens is 446 g/mol. The van der Waals surface area contributed by atoms with E-state index < -0.39 is 0 Å². The Bertz CT molecular complexity index is 1180. The molecule has 3 heterocycles. The molecule has 0 radical (unpaired) electrons. The van der Waals surface area contributed by atoms with Gasteiger partial charge in [0, 0.05) is 16.8 Å². The monoisotopic (exact) mass is 463 g/mol. The molecule has 2 atom stereocenters. The average molecular weight is 464 g/mol. The van der Waals surface area contributed by atoms with Gasteiger partial charge in [-0.1, -0.05) is 35.9 Å². The SMILES string of the molecule is S=C1NC(c2ccccn2)C(c2ccc(Cl)s2)N1c1ccc(Oc2ccccc2)cc1. The summed E-state index contributed by atoms with van der Waals surface area (Å²) in [5, 5.41) is 4.11. The number of pyridine rings is 1. The number of hydrogen-bond donors (Lipinski definition) is 1. The zero-order valence-electron chi connectivity index (χ0n) is 16.3. The Morgan fingerprint density at radius 3 is 2.32 bits per heavy atom. The highest BCUT2D eigenvalue weighted by Crippen LogP contribution is 2.44. The van der Waals surface area contributed by atoms with Crippen LogP contribution < -0.4 is 15.0 Å². The third-order valence-corrected chi connectivity index (χ3v) is 6.69. The highest BCUT2D eigenvalue weighted by atomic mass is 35.5. The molecule has 1 fully saturated rings. The van der Waals surface area contributed by atoms with E-state index in [9.17, 15) is 0 Å². The van der Waals surface area contributed by atoms with Crippen molar-refractivity contribution in [2.45, 2.75) is 12.1 Å². The second-order valence-corrected chi connectivity index (χ2v) is 9.18. The molecule has 0 saturated carbocycles. The predicted octanol–water partition coefficient (Wildman–Crippen LogP) is 6.77. The summed E-state index contributed by atoms with van der Waals surface area (Å²) in [6.07, 6.45) is 1.80. The van der Waals surface area contributed by atoms with Gasteiger partial charge < -0.3 is 15.0 Å². The number of benzene rings is 2. The van der Waals surface area contributed by atoms with Crippen LogP contribution in [0.1, 0.15) is 22.7 Å². The molecule has 0 spiro atoms. The lowest BCUT2D eigenvalue weighted by Crippen LogP contribution is -2.28. The van der Waals surface area contributed by atoms with Crippen LogP contribution in [0.4, 0.5) is 5.69 Å². The van der Waals surface area contributed by atoms with Gasteiger partial charge in [0.1, 0.15) is 11.5 Å². The lowest BCUT2D eigenvalue weighted by molar-refractivity contribution is 0.482. The molecule has 4 aromatic rings. The van der Waals surface area contributed by atoms with Crippen molar-refractivity contribution in [2.75, 3.05) is 4.90 Å². The number of rotatable bonds is 5. The summed E-state index contributed by atoms with van der Waals surface area (Å²) < 4.78 is 6.68. The van der Waals surface area contributed by atoms with E-state index in [1.165, 1.54) is 0 Å². The molecule has 31 heavy (non-hydrogen) atoms. The van der Waals surface area contributed by atoms with Crippen molar-refractivity contribution >= 4 is 46.0 Å². The van der Waals surface area contributed by atoms with Gasteiger partial charge in [0.25, 0.3) is 0 Å². The van der Waals surface area contributed by atoms with Gasteiger partial charge in [-0.15, -0.1) is 11.3 Å². The number of nitrogens with zero attached hydrogens (tertiary/aromatic N) is 2. The minimum absolute atomic E-state index is 0.0548. The van der Waals surface area contributed by atoms with Gasteiger partial charge in [-0.3, -0.25) is 4.98 Å². The summed E-state index contributed by atoms with van der Waals surface area (Å²) in [5.74, 6) is 1.57. The number of halogens is 1. The number of thiocarbonyl (C=S) groups is 1. The van der Waals surface area contributed by atoms with E-state index in [0.29, 0.717) is 5.11 Å². The number of nitrogens with one attached hydrogen (secondary N) is 1. The van der Waals surface area contributed by atoms with E-state index in [4.69, 9.17) is 28.6 Å². The van der Waals surface area contributed by atoms with Crippen molar-refractivity contribution in [2.24, 2.45) is 0 Å². The largest absolute Gasteiger partial charge is 0.457 e. The van der Waals surface area contributed by atoms with Gasteiger partial charge in [0.2, 0.25) is 0 Å². The molecule has 0 bridgehead atoms. The maximum absolute atomic E-state index is 6.28. The van der Waals surface area contributed by atoms with Crippen molar-refractivity contribution in [1.82, 2.24) is 10.3 Å². The first-order valence-corrected chi connectivity index (χ1v) is 11.4. The highest BCUT2D eigenvalue weighted by molar-refractivity contribution is 7.80. The maximum Gasteiger partial charge on any atom is 0.174 e. The Kier molecular flexibility index (Phi) is 5.59. The van der Waals surface area contributed by atoms with Crippen LogP contribution in [-0.2, 0) is 0 Å². The van der Waals surface area contributed by atoms with Gasteiger partial charge in [-0.2, -0.15) is 0 Å². The summed E-state index contributed by atoms with van der Waals surface area (Å²) in [7, 11) is 0. The summed E-state index contributed by atoms with van der Waals surface area (Å²) in [4.78, 5) is 7.82. The quantitative estimate of drug-likeness (QED) is 0.331. The summed E-state index contributed by atoms with van der Waals surface area (Å²) in [6, 6.07) is 27.5. The summed E-state index contributed by atoms with van der Waals surface area (Å²) in [5.41, 5.74) is 1.91. The average Bonchev–Trinajstić information content (AvgIpc) is 3.38. The Morgan fingerprint density at radius 2 is 1.65 bits per heavy atom. The van der Waals surface area contributed by atoms with E-state index in [-0.39, 0.29) is 12.1 Å². The van der Waals surface area contributed by atoms with Crippen LogP contribution in [0.2, 0.25) is 4.34 Å². The first-order valence-electron chi connectivity index (χ1n) is 9.78. The molecule has 7 heteroatoms. The molecule has 2 aromatic carbocycles. The smallest absolute Gasteiger partial charge is 0.174 e. The molecule has 2 unspecified atom stereocenters. The third kappa shape index (κ3) is 4.14. The number of thiophene rings is 1. The van der Waals surface area contributed by atoms with E-state index in [2.05, 4.69) is 21.3 Å². The number of anilines is 1. The van der Waals surface area contributed by atoms with Gasteiger partial charge in [-0.25, -0.2) is 0 Å². The molecular formula is C24H18ClN3OS2. The van der Waals surface area contributed by atoms with E-state index >= 15 is 0 Å². The van der Waals surface area contributed by atoms with Crippen LogP contribution in [0, 0.1) is 0 Å². The van der Waals surface area contributed by atoms with E-state index in [0.717, 1.165) is 32.1 Å². The highest BCUT2D eigenvalue weighted by Gasteiger charge is 2.41. The summed E-state index contributed by atoms with van der Waals surface area (Å²) in [6.45, 7) is 0. The zero-order valence-corrected chi connectivity index (χ0v) is 18.7. The normalized spacial score (nSPS) is 18.1. The van der Waals surface area contributed by atoms with Crippen molar-refractivity contribution in [3.05, 3.63) is 106 Å². The molecule has 1 aliphatic rings. The van der Waals surface area contributed by atoms with Crippen LogP contribution in [0.25, 0.3) is 0 Å². The molecule has 154 valence electrons. The topological polar surface area (TPSA) is 37.4 Å². The Labute approximate surface area is 195 Å². The standard InChI is InChI=1S/C24H18ClN3OS2/c25-21-14-13-20(31-21)23-22(19-8-4-5-15-26-19)27-24(30)28(23)16-9-11-18(12-10-16)29-17-6-2-1-3-7-17/h1-15,22-23H,(H,27,30). The molecule has 2 aromatic heterocycles. The van der Waals surface area contributed by atoms with Crippen LogP contribution >= 0.6 is 35.2 Å². The van der Waals surface area contributed by atoms with Crippen molar-refractivity contribution in [3.8, 4) is 11.5 Å². The Hall–Kier alpha value is -2.93. The molecule has 1 N–H and O–H groups in total. The molecule has 0 amide bonds. The van der Waals surface area contributed by atoms with Gasteiger partial charge in [-0.05, 0) is 72.9 Å². The van der Waals surface area contributed by atoms with E-state index in [1.807, 2.05) is 78.9 Å². The van der Waals surface area contributed by atoms with Gasteiger partial charge in [0.15, 0.2) is 5.11 Å². The first kappa shape index (κ1) is 20.0. The zero-order chi connectivity index (χ0) is 21.2. The fraction of sp³-hybridized carbons (Fsp3) is 0.0833. The lowest BCUT2D eigenvalue weighted by atomic mass is 10.0. The molecule has 5 rings (SSSR count). The van der Waals surface area contributed by atoms with Crippen LogP contribution in [-0.4, -0.2) is 10.1 Å². The third-order valence-electron chi connectivity index (χ3n) is 5.08. The number of ether oxygens (including phenoxy) is 1. The van der Waals surface area contributed by atoms with Crippen molar-refractivity contribution in [3.63, 3.8) is 0 Å². The van der Waals surface area contributed by atoms with Crippen LogP contribution in [0.5, 0.6) is 11.5 Å². The number of hydrogen-bond acceptors (Lipinski definition) is 4. The number of aromatic nitrogens is 1. The Morgan fingerprint density at radius 1 is 0.903 bits per heavy atom. The van der Waals surface area contributed by atoms with E-state index in [1.54, 1.807) is 17.5 Å². The Balaban J connectivity index is 1.48. The minimum Gasteiger partial charge on any atom is -0.457 e. The maximum atomic E-state index is 6.28. The predicted molar refractivity (Wildman–Crippen MR) is 130 cm³/mol. The van der Waals surface area contributed by atoms with Crippen LogP contribution in [0.3, 0.4) is 0 Å². The minimum atomic E-state index is -0.0799. The van der Waals surface area contributed by atoms with Crippen molar-refractivity contribution < 1.29 is 4.74 Å². The van der Waals surface area contributed by atoms with Crippen molar-refractivity contribution in [1.29, 1.82) is 0 Å². The summed E-state index contributed by atoms with van der Waals surface area (Å²) >= 11 is 13.6. The number of para-hydroxylation sites is 1. The first-order chi connectivity index (χ1) is 15.2. The fourth-order valence-electron chi connectivity index (χ4n) is 3.71. The molecule has 1 saturated heterocycles. The molecule has 1 aliphatic heterocycles.